The Morgan fingerprint density at radius 1 is 0.968 bits per heavy atom. The Balaban J connectivity index is 2.10. The Hall–Kier alpha value is -2.41. The highest BCUT2D eigenvalue weighted by molar-refractivity contribution is 7.99. The fourth-order valence-corrected chi connectivity index (χ4v) is 3.92. The van der Waals surface area contributed by atoms with Crippen molar-refractivity contribution in [2.75, 3.05) is 12.3 Å². The molecule has 2 aromatic rings. The van der Waals surface area contributed by atoms with E-state index in [1.807, 2.05) is 20.8 Å². The lowest BCUT2D eigenvalue weighted by molar-refractivity contribution is -0.139. The van der Waals surface area contributed by atoms with Crippen LogP contribution in [-0.4, -0.2) is 35.1 Å². The van der Waals surface area contributed by atoms with Crippen molar-refractivity contribution in [1.82, 2.24) is 10.2 Å². The molecular weight excluding hydrogens is 418 g/mol. The number of benzene rings is 2. The molecule has 2 rings (SSSR count). The van der Waals surface area contributed by atoms with Crippen molar-refractivity contribution in [1.29, 1.82) is 0 Å². The van der Waals surface area contributed by atoms with E-state index in [0.29, 0.717) is 24.6 Å². The van der Waals surface area contributed by atoms with Gasteiger partial charge in [-0.2, -0.15) is 0 Å². The maximum atomic E-state index is 13.3. The standard InChI is InChI=1S/C24H30F2N2O2S/c1-4-22(24(30)27-13-17(2)3)28(14-18-5-9-20(25)10-6-18)23(29)16-31-15-19-7-11-21(26)12-8-19/h5-12,17,22H,4,13-16H2,1-3H3,(H,27,30)/t22-/m1/s1. The zero-order valence-corrected chi connectivity index (χ0v) is 19.1. The number of carbonyl (C=O) groups excluding carboxylic acids is 2. The lowest BCUT2D eigenvalue weighted by Crippen LogP contribution is -2.50. The summed E-state index contributed by atoms with van der Waals surface area (Å²) >= 11 is 1.41. The molecule has 0 unspecified atom stereocenters. The monoisotopic (exact) mass is 448 g/mol. The molecule has 0 aliphatic carbocycles. The third kappa shape index (κ3) is 8.32. The van der Waals surface area contributed by atoms with Crippen LogP contribution in [0.4, 0.5) is 8.78 Å². The van der Waals surface area contributed by atoms with Crippen LogP contribution in [0.15, 0.2) is 48.5 Å². The predicted molar refractivity (Wildman–Crippen MR) is 121 cm³/mol. The Morgan fingerprint density at radius 2 is 1.52 bits per heavy atom. The van der Waals surface area contributed by atoms with Crippen LogP contribution in [0.3, 0.4) is 0 Å². The first-order chi connectivity index (χ1) is 14.8. The topological polar surface area (TPSA) is 49.4 Å². The van der Waals surface area contributed by atoms with Crippen LogP contribution in [0.25, 0.3) is 0 Å². The highest BCUT2D eigenvalue weighted by Gasteiger charge is 2.28. The second-order valence-electron chi connectivity index (χ2n) is 7.83. The quantitative estimate of drug-likeness (QED) is 0.538. The van der Waals surface area contributed by atoms with Gasteiger partial charge in [-0.25, -0.2) is 8.78 Å². The van der Waals surface area contributed by atoms with Crippen molar-refractivity contribution in [3.8, 4) is 0 Å². The largest absolute Gasteiger partial charge is 0.354 e. The Morgan fingerprint density at radius 3 is 2.03 bits per heavy atom. The highest BCUT2D eigenvalue weighted by atomic mass is 32.2. The van der Waals surface area contributed by atoms with Gasteiger partial charge in [-0.15, -0.1) is 11.8 Å². The summed E-state index contributed by atoms with van der Waals surface area (Å²) in [6.45, 7) is 6.65. The molecule has 0 radical (unpaired) electrons. The van der Waals surface area contributed by atoms with Crippen LogP contribution < -0.4 is 5.32 Å². The third-order valence-electron chi connectivity index (χ3n) is 4.74. The van der Waals surface area contributed by atoms with Crippen LogP contribution in [0.1, 0.15) is 38.3 Å². The number of hydrogen-bond donors (Lipinski definition) is 1. The minimum atomic E-state index is -0.609. The van der Waals surface area contributed by atoms with E-state index in [9.17, 15) is 18.4 Å². The Kier molecular flexibility index (Phi) is 9.98. The number of nitrogens with one attached hydrogen (secondary N) is 1. The normalized spacial score (nSPS) is 11.9. The summed E-state index contributed by atoms with van der Waals surface area (Å²) in [6, 6.07) is 11.5. The maximum absolute atomic E-state index is 13.3. The lowest BCUT2D eigenvalue weighted by atomic mass is 10.1. The van der Waals surface area contributed by atoms with E-state index in [0.717, 1.165) is 11.1 Å². The van der Waals surface area contributed by atoms with Crippen LogP contribution in [0.5, 0.6) is 0 Å². The van der Waals surface area contributed by atoms with Crippen LogP contribution in [0, 0.1) is 17.6 Å². The van der Waals surface area contributed by atoms with Crippen molar-refractivity contribution in [2.24, 2.45) is 5.92 Å². The first kappa shape index (κ1) is 24.9. The van der Waals surface area contributed by atoms with Crippen molar-refractivity contribution in [3.63, 3.8) is 0 Å². The van der Waals surface area contributed by atoms with Gasteiger partial charge >= 0.3 is 0 Å². The summed E-state index contributed by atoms with van der Waals surface area (Å²) in [4.78, 5) is 27.5. The smallest absolute Gasteiger partial charge is 0.242 e. The van der Waals surface area contributed by atoms with Crippen LogP contribution in [0.2, 0.25) is 0 Å². The molecule has 0 saturated carbocycles. The minimum Gasteiger partial charge on any atom is -0.354 e. The van der Waals surface area contributed by atoms with Gasteiger partial charge in [0, 0.05) is 18.8 Å². The van der Waals surface area contributed by atoms with Gasteiger partial charge < -0.3 is 10.2 Å². The summed E-state index contributed by atoms with van der Waals surface area (Å²) < 4.78 is 26.4. The van der Waals surface area contributed by atoms with Gasteiger partial charge in [0.25, 0.3) is 0 Å². The van der Waals surface area contributed by atoms with E-state index in [2.05, 4.69) is 5.32 Å². The maximum Gasteiger partial charge on any atom is 0.242 e. The first-order valence-electron chi connectivity index (χ1n) is 10.4. The molecule has 0 aromatic heterocycles. The number of rotatable bonds is 11. The fourth-order valence-electron chi connectivity index (χ4n) is 3.05. The molecule has 0 spiro atoms. The zero-order valence-electron chi connectivity index (χ0n) is 18.2. The number of thioether (sulfide) groups is 1. The number of carbonyl (C=O) groups is 2. The molecule has 0 heterocycles. The van der Waals surface area contributed by atoms with E-state index in [-0.39, 0.29) is 35.7 Å². The lowest BCUT2D eigenvalue weighted by Gasteiger charge is -2.31. The zero-order chi connectivity index (χ0) is 22.8. The second-order valence-corrected chi connectivity index (χ2v) is 8.82. The predicted octanol–water partition coefficient (Wildman–Crippen LogP) is 4.78. The summed E-state index contributed by atoms with van der Waals surface area (Å²) in [5.74, 6) is 0.0538. The number of nitrogens with zero attached hydrogens (tertiary/aromatic N) is 1. The molecule has 0 aliphatic rings. The summed E-state index contributed by atoms with van der Waals surface area (Å²) in [5.41, 5.74) is 1.68. The molecule has 2 aromatic carbocycles. The van der Waals surface area contributed by atoms with E-state index in [1.54, 1.807) is 29.2 Å². The van der Waals surface area contributed by atoms with Gasteiger partial charge in [-0.1, -0.05) is 45.0 Å². The van der Waals surface area contributed by atoms with Crippen molar-refractivity contribution >= 4 is 23.6 Å². The minimum absolute atomic E-state index is 0.164. The molecule has 7 heteroatoms. The van der Waals surface area contributed by atoms with E-state index in [1.165, 1.54) is 36.0 Å². The number of halogens is 2. The number of hydrogen-bond acceptors (Lipinski definition) is 3. The SMILES string of the molecule is CC[C@H](C(=O)NCC(C)C)N(Cc1ccc(F)cc1)C(=O)CSCc1ccc(F)cc1. The van der Waals surface area contributed by atoms with Gasteiger partial charge in [-0.05, 0) is 47.7 Å². The van der Waals surface area contributed by atoms with Gasteiger partial charge in [0.2, 0.25) is 11.8 Å². The Bertz CT molecular complexity index is 842. The molecule has 0 saturated heterocycles. The summed E-state index contributed by atoms with van der Waals surface area (Å²) in [7, 11) is 0. The number of amides is 2. The van der Waals surface area contributed by atoms with Crippen LogP contribution >= 0.6 is 11.8 Å². The molecule has 0 fully saturated rings. The first-order valence-corrected chi connectivity index (χ1v) is 11.6. The molecule has 0 bridgehead atoms. The molecule has 1 atom stereocenters. The van der Waals surface area contributed by atoms with Gasteiger partial charge in [0.15, 0.2) is 0 Å². The molecule has 0 aliphatic heterocycles. The molecule has 1 N–H and O–H groups in total. The van der Waals surface area contributed by atoms with Crippen molar-refractivity contribution in [2.45, 2.75) is 45.5 Å². The highest BCUT2D eigenvalue weighted by Crippen LogP contribution is 2.18. The fraction of sp³-hybridized carbons (Fsp3) is 0.417. The van der Waals surface area contributed by atoms with Crippen LogP contribution in [-0.2, 0) is 21.9 Å². The Labute approximate surface area is 187 Å². The average molecular weight is 449 g/mol. The van der Waals surface area contributed by atoms with E-state index < -0.39 is 6.04 Å². The summed E-state index contributed by atoms with van der Waals surface area (Å²) in [5, 5.41) is 2.92. The van der Waals surface area contributed by atoms with E-state index in [4.69, 9.17) is 0 Å². The molecule has 168 valence electrons. The summed E-state index contributed by atoms with van der Waals surface area (Å²) in [6.07, 6.45) is 0.472. The van der Waals surface area contributed by atoms with Crippen molar-refractivity contribution < 1.29 is 18.4 Å². The average Bonchev–Trinajstić information content (AvgIpc) is 2.74. The third-order valence-corrected chi connectivity index (χ3v) is 5.73. The van der Waals surface area contributed by atoms with E-state index >= 15 is 0 Å². The van der Waals surface area contributed by atoms with Gasteiger partial charge in [0.05, 0.1) is 5.75 Å². The van der Waals surface area contributed by atoms with Gasteiger partial charge in [0.1, 0.15) is 17.7 Å². The van der Waals surface area contributed by atoms with Gasteiger partial charge in [-0.3, -0.25) is 9.59 Å². The molecule has 2 amide bonds. The molecule has 31 heavy (non-hydrogen) atoms. The van der Waals surface area contributed by atoms with Crippen molar-refractivity contribution in [3.05, 3.63) is 71.3 Å². The second kappa shape index (κ2) is 12.4. The molecule has 4 nitrogen and oxygen atoms in total. The molecular formula is C24H30F2N2O2S.